The highest BCUT2D eigenvalue weighted by Gasteiger charge is 2.36. The summed E-state index contributed by atoms with van der Waals surface area (Å²) in [5, 5.41) is 12.0. The maximum absolute atomic E-state index is 12.3. The van der Waals surface area contributed by atoms with Gasteiger partial charge < -0.3 is 15.3 Å². The van der Waals surface area contributed by atoms with Gasteiger partial charge in [0.2, 0.25) is 0 Å². The highest BCUT2D eigenvalue weighted by molar-refractivity contribution is 5.85. The molecule has 5 heteroatoms. The molecule has 5 nitrogen and oxygen atoms in total. The van der Waals surface area contributed by atoms with Crippen molar-refractivity contribution in [1.82, 2.24) is 10.2 Å². The lowest BCUT2D eigenvalue weighted by atomic mass is 9.85. The Morgan fingerprint density at radius 3 is 2.50 bits per heavy atom. The standard InChI is InChI=1S/C15H28N2O3/c1-5-7-15(4,12(18)19)16-13(20)17-10-6-8-14(2,3)9-11-17/h5-11H2,1-4H3,(H,16,20)(H,18,19). The molecule has 1 rings (SSSR count). The third-order valence-corrected chi connectivity index (χ3v) is 4.23. The van der Waals surface area contributed by atoms with E-state index in [0.29, 0.717) is 19.5 Å². The number of hydrogen-bond donors (Lipinski definition) is 2. The van der Waals surface area contributed by atoms with E-state index >= 15 is 0 Å². The second kappa shape index (κ2) is 6.46. The van der Waals surface area contributed by atoms with E-state index in [2.05, 4.69) is 19.2 Å². The smallest absolute Gasteiger partial charge is 0.329 e. The summed E-state index contributed by atoms with van der Waals surface area (Å²) in [6.07, 6.45) is 4.18. The number of likely N-dealkylation sites (tertiary alicyclic amines) is 1. The van der Waals surface area contributed by atoms with Crippen molar-refractivity contribution in [2.45, 2.75) is 65.3 Å². The molecule has 0 aromatic heterocycles. The minimum absolute atomic E-state index is 0.249. The van der Waals surface area contributed by atoms with E-state index in [-0.39, 0.29) is 11.4 Å². The number of rotatable bonds is 4. The molecule has 2 amide bonds. The number of carboxylic acid groups (broad SMARTS) is 1. The molecule has 20 heavy (non-hydrogen) atoms. The summed E-state index contributed by atoms with van der Waals surface area (Å²) < 4.78 is 0. The third kappa shape index (κ3) is 4.39. The molecule has 0 aromatic carbocycles. The predicted molar refractivity (Wildman–Crippen MR) is 78.7 cm³/mol. The van der Waals surface area contributed by atoms with Crippen LogP contribution < -0.4 is 5.32 Å². The van der Waals surface area contributed by atoms with Gasteiger partial charge in [-0.2, -0.15) is 0 Å². The fourth-order valence-electron chi connectivity index (χ4n) is 2.66. The largest absolute Gasteiger partial charge is 0.480 e. The van der Waals surface area contributed by atoms with Crippen molar-refractivity contribution >= 4 is 12.0 Å². The lowest BCUT2D eigenvalue weighted by molar-refractivity contribution is -0.144. The Morgan fingerprint density at radius 2 is 1.95 bits per heavy atom. The van der Waals surface area contributed by atoms with Crippen molar-refractivity contribution in [3.05, 3.63) is 0 Å². The number of amides is 2. The number of hydrogen-bond acceptors (Lipinski definition) is 2. The summed E-state index contributed by atoms with van der Waals surface area (Å²) in [5.41, 5.74) is -0.914. The van der Waals surface area contributed by atoms with Crippen molar-refractivity contribution in [3.63, 3.8) is 0 Å². The molecule has 1 aliphatic heterocycles. The van der Waals surface area contributed by atoms with Crippen LogP contribution in [0, 0.1) is 5.41 Å². The summed E-state index contributed by atoms with van der Waals surface area (Å²) in [5.74, 6) is -0.970. The van der Waals surface area contributed by atoms with Crippen LogP contribution >= 0.6 is 0 Å². The quantitative estimate of drug-likeness (QED) is 0.834. The van der Waals surface area contributed by atoms with Crippen LogP contribution in [0.5, 0.6) is 0 Å². The molecule has 116 valence electrons. The summed E-state index contributed by atoms with van der Waals surface area (Å²) in [6.45, 7) is 9.33. The molecule has 1 atom stereocenters. The van der Waals surface area contributed by atoms with Crippen LogP contribution in [-0.4, -0.2) is 40.6 Å². The van der Waals surface area contributed by atoms with Gasteiger partial charge in [0.05, 0.1) is 0 Å². The Bertz CT molecular complexity index is 368. The van der Waals surface area contributed by atoms with E-state index in [1.54, 1.807) is 11.8 Å². The Hall–Kier alpha value is -1.26. The van der Waals surface area contributed by atoms with E-state index in [1.807, 2.05) is 6.92 Å². The zero-order valence-electron chi connectivity index (χ0n) is 13.2. The Balaban J connectivity index is 2.67. The number of urea groups is 1. The normalized spacial score (nSPS) is 21.7. The molecular formula is C15H28N2O3. The first-order chi connectivity index (χ1) is 9.20. The number of nitrogens with zero attached hydrogens (tertiary/aromatic N) is 1. The second-order valence-electron chi connectivity index (χ2n) is 6.82. The average molecular weight is 284 g/mol. The maximum atomic E-state index is 12.3. The Kier molecular flexibility index (Phi) is 5.42. The van der Waals surface area contributed by atoms with E-state index in [0.717, 1.165) is 25.7 Å². The van der Waals surface area contributed by atoms with E-state index in [9.17, 15) is 14.7 Å². The SMILES string of the molecule is CCCC(C)(NC(=O)N1CCCC(C)(C)CC1)C(=O)O. The first-order valence-electron chi connectivity index (χ1n) is 7.51. The molecule has 1 unspecified atom stereocenters. The zero-order valence-corrected chi connectivity index (χ0v) is 13.2. The van der Waals surface area contributed by atoms with Gasteiger partial charge in [0.15, 0.2) is 0 Å². The molecule has 1 saturated heterocycles. The van der Waals surface area contributed by atoms with E-state index in [1.165, 1.54) is 0 Å². The van der Waals surface area contributed by atoms with Gasteiger partial charge in [0.25, 0.3) is 0 Å². The van der Waals surface area contributed by atoms with Crippen LogP contribution in [0.3, 0.4) is 0 Å². The van der Waals surface area contributed by atoms with Gasteiger partial charge in [0.1, 0.15) is 5.54 Å². The second-order valence-corrected chi connectivity index (χ2v) is 6.82. The molecule has 0 aromatic rings. The van der Waals surface area contributed by atoms with Gasteiger partial charge in [-0.25, -0.2) is 9.59 Å². The molecule has 0 spiro atoms. The van der Waals surface area contributed by atoms with Gasteiger partial charge in [-0.1, -0.05) is 27.2 Å². The van der Waals surface area contributed by atoms with E-state index < -0.39 is 11.5 Å². The summed E-state index contributed by atoms with van der Waals surface area (Å²) >= 11 is 0. The predicted octanol–water partition coefficient (Wildman–Crippen LogP) is 2.85. The lowest BCUT2D eigenvalue weighted by Gasteiger charge is -2.30. The number of nitrogens with one attached hydrogen (secondary N) is 1. The zero-order chi connectivity index (χ0) is 15.4. The molecule has 1 aliphatic rings. The number of carboxylic acids is 1. The molecule has 1 fully saturated rings. The fourth-order valence-corrected chi connectivity index (χ4v) is 2.66. The third-order valence-electron chi connectivity index (χ3n) is 4.23. The molecule has 0 aliphatic carbocycles. The molecule has 2 N–H and O–H groups in total. The van der Waals surface area contributed by atoms with E-state index in [4.69, 9.17) is 0 Å². The van der Waals surface area contributed by atoms with Crippen molar-refractivity contribution in [1.29, 1.82) is 0 Å². The minimum Gasteiger partial charge on any atom is -0.480 e. The van der Waals surface area contributed by atoms with Crippen LogP contribution in [0.25, 0.3) is 0 Å². The van der Waals surface area contributed by atoms with Gasteiger partial charge in [0, 0.05) is 13.1 Å². The fraction of sp³-hybridized carbons (Fsp3) is 0.867. The van der Waals surface area contributed by atoms with Crippen LogP contribution in [0.2, 0.25) is 0 Å². The highest BCUT2D eigenvalue weighted by atomic mass is 16.4. The molecule has 0 saturated carbocycles. The van der Waals surface area contributed by atoms with Crippen molar-refractivity contribution < 1.29 is 14.7 Å². The Morgan fingerprint density at radius 1 is 1.30 bits per heavy atom. The van der Waals surface area contributed by atoms with Gasteiger partial charge >= 0.3 is 12.0 Å². The lowest BCUT2D eigenvalue weighted by Crippen LogP contribution is -2.56. The first kappa shape index (κ1) is 16.8. The van der Waals surface area contributed by atoms with Crippen LogP contribution in [-0.2, 0) is 4.79 Å². The monoisotopic (exact) mass is 284 g/mol. The van der Waals surface area contributed by atoms with Crippen LogP contribution in [0.15, 0.2) is 0 Å². The molecular weight excluding hydrogens is 256 g/mol. The number of aliphatic carboxylic acids is 1. The summed E-state index contributed by atoms with van der Waals surface area (Å²) in [4.78, 5) is 25.4. The van der Waals surface area contributed by atoms with Crippen LogP contribution in [0.4, 0.5) is 4.79 Å². The topological polar surface area (TPSA) is 69.6 Å². The summed E-state index contributed by atoms with van der Waals surface area (Å²) in [7, 11) is 0. The number of carbonyl (C=O) groups is 2. The Labute approximate surface area is 121 Å². The molecule has 1 heterocycles. The minimum atomic E-state index is -1.17. The van der Waals surface area contributed by atoms with Crippen molar-refractivity contribution in [3.8, 4) is 0 Å². The van der Waals surface area contributed by atoms with Crippen LogP contribution in [0.1, 0.15) is 59.8 Å². The molecule has 0 bridgehead atoms. The highest BCUT2D eigenvalue weighted by Crippen LogP contribution is 2.29. The van der Waals surface area contributed by atoms with Gasteiger partial charge in [-0.3, -0.25) is 0 Å². The number of carbonyl (C=O) groups excluding carboxylic acids is 1. The van der Waals surface area contributed by atoms with Gasteiger partial charge in [-0.15, -0.1) is 0 Å². The van der Waals surface area contributed by atoms with Crippen molar-refractivity contribution in [2.24, 2.45) is 5.41 Å². The summed E-state index contributed by atoms with van der Waals surface area (Å²) in [6, 6.07) is -0.249. The first-order valence-corrected chi connectivity index (χ1v) is 7.51. The van der Waals surface area contributed by atoms with Gasteiger partial charge in [-0.05, 0) is 38.0 Å². The molecule has 0 radical (unpaired) electrons. The maximum Gasteiger partial charge on any atom is 0.329 e. The average Bonchev–Trinajstić information content (AvgIpc) is 2.50. The van der Waals surface area contributed by atoms with Crippen molar-refractivity contribution in [2.75, 3.05) is 13.1 Å².